The Balaban J connectivity index is 1.54. The van der Waals surface area contributed by atoms with Crippen LogP contribution in [0.4, 0.5) is 0 Å². The number of carbonyl (C=O) groups excluding carboxylic acids is 2. The lowest BCUT2D eigenvalue weighted by atomic mass is 9.46. The molecule has 7 atom stereocenters. The van der Waals surface area contributed by atoms with Crippen LogP contribution < -0.4 is 0 Å². The van der Waals surface area contributed by atoms with Crippen LogP contribution in [-0.2, 0) is 14.3 Å². The van der Waals surface area contributed by atoms with E-state index in [1.807, 2.05) is 6.08 Å². The molecule has 1 saturated heterocycles. The van der Waals surface area contributed by atoms with Crippen LogP contribution in [0.25, 0.3) is 0 Å². The first-order valence-corrected chi connectivity index (χ1v) is 9.99. The first-order valence-electron chi connectivity index (χ1n) is 9.99. The maximum Gasteiger partial charge on any atom is 0.161 e. The molecule has 4 nitrogen and oxygen atoms in total. The fourth-order valence-electron chi connectivity index (χ4n) is 7.72. The van der Waals surface area contributed by atoms with Gasteiger partial charge in [-0.25, -0.2) is 0 Å². The number of hydrogen-bond acceptors (Lipinski definition) is 4. The van der Waals surface area contributed by atoms with Crippen LogP contribution in [0.3, 0.4) is 0 Å². The summed E-state index contributed by atoms with van der Waals surface area (Å²) in [5.74, 6) is 1.95. The summed E-state index contributed by atoms with van der Waals surface area (Å²) in [6, 6.07) is 0. The molecule has 0 aromatic heterocycles. The number of allylic oxidation sites excluding steroid dienone is 1. The number of ketones is 2. The normalized spacial score (nSPS) is 50.7. The summed E-state index contributed by atoms with van der Waals surface area (Å²) in [4.78, 5) is 24.3. The second-order valence-corrected chi connectivity index (χ2v) is 9.43. The van der Waals surface area contributed by atoms with Gasteiger partial charge in [-0.15, -0.1) is 0 Å². The molecule has 5 aliphatic rings. The number of aliphatic hydroxyl groups excluding tert-OH is 1. The number of ether oxygens (including phenoxy) is 1. The van der Waals surface area contributed by atoms with Gasteiger partial charge >= 0.3 is 0 Å². The van der Waals surface area contributed by atoms with E-state index in [1.165, 1.54) is 5.57 Å². The van der Waals surface area contributed by atoms with Crippen LogP contribution in [0.1, 0.15) is 51.9 Å². The maximum absolute atomic E-state index is 12.4. The molecule has 1 aliphatic heterocycles. The fourth-order valence-corrected chi connectivity index (χ4v) is 7.72. The second kappa shape index (κ2) is 5.26. The fraction of sp³-hybridized carbons (Fsp3) is 0.810. The van der Waals surface area contributed by atoms with Crippen molar-refractivity contribution in [2.24, 2.45) is 34.5 Å². The summed E-state index contributed by atoms with van der Waals surface area (Å²) in [6.45, 7) is 2.73. The average Bonchev–Trinajstić information content (AvgIpc) is 3.17. The molecule has 4 heteroatoms. The van der Waals surface area contributed by atoms with E-state index in [2.05, 4.69) is 6.92 Å². The van der Waals surface area contributed by atoms with Crippen molar-refractivity contribution >= 4 is 11.6 Å². The van der Waals surface area contributed by atoms with Crippen molar-refractivity contribution in [3.05, 3.63) is 11.6 Å². The van der Waals surface area contributed by atoms with E-state index in [9.17, 15) is 14.7 Å². The third-order valence-electron chi connectivity index (χ3n) is 8.71. The van der Waals surface area contributed by atoms with Gasteiger partial charge in [-0.1, -0.05) is 12.5 Å². The third-order valence-corrected chi connectivity index (χ3v) is 8.71. The number of aliphatic hydroxyl groups is 1. The molecule has 0 aromatic rings. The molecule has 4 fully saturated rings. The first kappa shape index (κ1) is 16.2. The highest BCUT2D eigenvalue weighted by Crippen LogP contribution is 2.69. The zero-order valence-corrected chi connectivity index (χ0v) is 15.0. The summed E-state index contributed by atoms with van der Waals surface area (Å²) in [5, 5.41) is 9.43. The number of hydrogen-bond donors (Lipinski definition) is 1. The van der Waals surface area contributed by atoms with Crippen LogP contribution in [0.5, 0.6) is 0 Å². The number of fused-ring (bicyclic) bond motifs is 6. The molecular formula is C21H28O4. The monoisotopic (exact) mass is 344 g/mol. The van der Waals surface area contributed by atoms with Crippen LogP contribution >= 0.6 is 0 Å². The predicted molar refractivity (Wildman–Crippen MR) is 91.7 cm³/mol. The third kappa shape index (κ3) is 1.96. The van der Waals surface area contributed by atoms with Crippen molar-refractivity contribution in [3.63, 3.8) is 0 Å². The van der Waals surface area contributed by atoms with E-state index < -0.39 is 0 Å². The average molecular weight is 344 g/mol. The SMILES string of the molecule is C[C@]12CCC(=O)C=C1CC[C@@H]1[C@@H]2[C@@H]2C[C@]3(CO2)[C@@H](C(=O)CO)CC[C@@H]13. The van der Waals surface area contributed by atoms with E-state index in [1.54, 1.807) is 0 Å². The topological polar surface area (TPSA) is 63.6 Å². The Labute approximate surface area is 149 Å². The first-order chi connectivity index (χ1) is 12.0. The molecule has 25 heavy (non-hydrogen) atoms. The minimum Gasteiger partial charge on any atom is -0.389 e. The predicted octanol–water partition coefficient (Wildman–Crippen LogP) is 2.68. The van der Waals surface area contributed by atoms with E-state index in [4.69, 9.17) is 4.74 Å². The Morgan fingerprint density at radius 1 is 1.32 bits per heavy atom. The Morgan fingerprint density at radius 3 is 2.96 bits per heavy atom. The Bertz CT molecular complexity index is 667. The van der Waals surface area contributed by atoms with Crippen LogP contribution in [0.2, 0.25) is 0 Å². The Morgan fingerprint density at radius 2 is 2.16 bits per heavy atom. The molecule has 2 bridgehead atoms. The van der Waals surface area contributed by atoms with Crippen LogP contribution in [0.15, 0.2) is 11.6 Å². The van der Waals surface area contributed by atoms with Gasteiger partial charge in [-0.3, -0.25) is 9.59 Å². The van der Waals surface area contributed by atoms with Gasteiger partial charge < -0.3 is 9.84 Å². The molecule has 0 radical (unpaired) electrons. The van der Waals surface area contributed by atoms with E-state index in [0.29, 0.717) is 30.8 Å². The van der Waals surface area contributed by atoms with Crippen molar-refractivity contribution in [1.29, 1.82) is 0 Å². The van der Waals surface area contributed by atoms with Crippen molar-refractivity contribution < 1.29 is 19.4 Å². The summed E-state index contributed by atoms with van der Waals surface area (Å²) < 4.78 is 6.37. The van der Waals surface area contributed by atoms with Gasteiger partial charge in [0, 0.05) is 17.8 Å². The van der Waals surface area contributed by atoms with Crippen molar-refractivity contribution in [2.45, 2.75) is 58.0 Å². The van der Waals surface area contributed by atoms with Gasteiger partial charge in [0.15, 0.2) is 11.6 Å². The molecule has 136 valence electrons. The highest BCUT2D eigenvalue weighted by atomic mass is 16.5. The van der Waals surface area contributed by atoms with E-state index in [0.717, 1.165) is 38.5 Å². The summed E-state index contributed by atoms with van der Waals surface area (Å²) in [5.41, 5.74) is 1.43. The Hall–Kier alpha value is -1.00. The molecule has 1 heterocycles. The summed E-state index contributed by atoms with van der Waals surface area (Å²) in [6.07, 6.45) is 8.93. The lowest BCUT2D eigenvalue weighted by Gasteiger charge is -2.57. The molecule has 0 amide bonds. The van der Waals surface area contributed by atoms with Crippen LogP contribution in [-0.4, -0.2) is 36.0 Å². The Kier molecular flexibility index (Phi) is 3.41. The number of carbonyl (C=O) groups is 2. The zero-order valence-electron chi connectivity index (χ0n) is 15.0. The lowest BCUT2D eigenvalue weighted by Crippen LogP contribution is -2.54. The van der Waals surface area contributed by atoms with E-state index >= 15 is 0 Å². The molecule has 5 rings (SSSR count). The minimum absolute atomic E-state index is 0.00821. The van der Waals surface area contributed by atoms with Gasteiger partial charge in [0.1, 0.15) is 6.61 Å². The molecular weight excluding hydrogens is 316 g/mol. The van der Waals surface area contributed by atoms with Crippen molar-refractivity contribution in [2.75, 3.05) is 13.2 Å². The van der Waals surface area contributed by atoms with Gasteiger partial charge in [0.05, 0.1) is 12.7 Å². The van der Waals surface area contributed by atoms with Gasteiger partial charge in [0.25, 0.3) is 0 Å². The molecule has 3 saturated carbocycles. The van der Waals surface area contributed by atoms with Crippen molar-refractivity contribution in [3.8, 4) is 0 Å². The van der Waals surface area contributed by atoms with Gasteiger partial charge in [-0.05, 0) is 67.8 Å². The van der Waals surface area contributed by atoms with Crippen LogP contribution in [0, 0.1) is 34.5 Å². The maximum atomic E-state index is 12.4. The number of Topliss-reactive ketones (excluding diaryl/α,β-unsaturated/α-hetero) is 1. The zero-order chi connectivity index (χ0) is 17.4. The summed E-state index contributed by atoms with van der Waals surface area (Å²) >= 11 is 0. The molecule has 0 aromatic carbocycles. The molecule has 4 aliphatic carbocycles. The second-order valence-electron chi connectivity index (χ2n) is 9.43. The van der Waals surface area contributed by atoms with Gasteiger partial charge in [-0.2, -0.15) is 0 Å². The van der Waals surface area contributed by atoms with Crippen molar-refractivity contribution in [1.82, 2.24) is 0 Å². The molecule has 0 unspecified atom stereocenters. The lowest BCUT2D eigenvalue weighted by molar-refractivity contribution is -0.131. The highest BCUT2D eigenvalue weighted by molar-refractivity contribution is 5.91. The minimum atomic E-state index is -0.329. The van der Waals surface area contributed by atoms with Gasteiger partial charge in [0.2, 0.25) is 0 Å². The largest absolute Gasteiger partial charge is 0.389 e. The number of rotatable bonds is 2. The molecule has 1 N–H and O–H groups in total. The highest BCUT2D eigenvalue weighted by Gasteiger charge is 2.67. The standard InChI is InChI=1S/C21H28O4/c1-20-7-6-13(23)8-12(20)2-3-14-15-4-5-16(17(24)10-22)21(15)9-18(19(14)20)25-11-21/h8,14-16,18-19,22H,2-7,9-11H2,1H3/t14-,15-,16+,18-,19+,20-,21+/m0/s1. The quantitative estimate of drug-likeness (QED) is 0.836. The summed E-state index contributed by atoms with van der Waals surface area (Å²) in [7, 11) is 0. The van der Waals surface area contributed by atoms with E-state index in [-0.39, 0.29) is 41.0 Å². The molecule has 1 spiro atoms. The smallest absolute Gasteiger partial charge is 0.161 e.